The van der Waals surface area contributed by atoms with Gasteiger partial charge in [0.15, 0.2) is 18.9 Å². The lowest BCUT2D eigenvalue weighted by Crippen LogP contribution is -2.64. The summed E-state index contributed by atoms with van der Waals surface area (Å²) in [5.74, 6) is 0. The molecule has 11 heteroatoms. The van der Waals surface area contributed by atoms with E-state index in [9.17, 15) is 35.4 Å². The molecular weight excluding hydrogens is 404 g/mol. The predicted molar refractivity (Wildman–Crippen MR) is 96.6 cm³/mol. The van der Waals surface area contributed by atoms with Crippen LogP contribution in [-0.2, 0) is 30.3 Å². The molecule has 6 N–H and O–H groups in total. The van der Waals surface area contributed by atoms with Gasteiger partial charge in [-0.25, -0.2) is 0 Å². The van der Waals surface area contributed by atoms with Crippen molar-refractivity contribution in [1.82, 2.24) is 0 Å². The zero-order valence-electron chi connectivity index (χ0n) is 15.9. The van der Waals surface area contributed by atoms with E-state index in [0.717, 1.165) is 5.56 Å². The molecule has 2 saturated heterocycles. The number of aliphatic hydroxyl groups is 6. The maximum absolute atomic E-state index is 11.0. The van der Waals surface area contributed by atoms with Gasteiger partial charge in [-0.1, -0.05) is 30.3 Å². The second-order valence-corrected chi connectivity index (χ2v) is 7.18. The lowest BCUT2D eigenvalue weighted by Gasteiger charge is -2.45. The average molecular weight is 430 g/mol. The van der Waals surface area contributed by atoms with Gasteiger partial charge in [0.05, 0.1) is 13.2 Å². The van der Waals surface area contributed by atoms with Gasteiger partial charge in [-0.05, 0) is 5.56 Å². The summed E-state index contributed by atoms with van der Waals surface area (Å²) in [6.45, 7) is -0.556. The fourth-order valence-electron chi connectivity index (χ4n) is 3.36. The summed E-state index contributed by atoms with van der Waals surface area (Å²) in [4.78, 5) is 11.0. The van der Waals surface area contributed by atoms with Crippen molar-refractivity contribution in [1.29, 1.82) is 0 Å². The highest BCUT2D eigenvalue weighted by molar-refractivity contribution is 5.57. The number of hydrogen-bond donors (Lipinski definition) is 6. The third-order valence-electron chi connectivity index (χ3n) is 5.11. The van der Waals surface area contributed by atoms with Crippen LogP contribution in [0.5, 0.6) is 0 Å². The number of rotatable bonds is 7. The van der Waals surface area contributed by atoms with E-state index in [1.165, 1.54) is 0 Å². The van der Waals surface area contributed by atoms with Crippen molar-refractivity contribution >= 4 is 6.29 Å². The number of aliphatic hydroxyl groups excluding tert-OH is 6. The number of benzene rings is 1. The second-order valence-electron chi connectivity index (χ2n) is 7.18. The molecule has 0 aromatic heterocycles. The normalized spacial score (nSPS) is 42.1. The quantitative estimate of drug-likeness (QED) is 0.244. The number of carbonyl (C=O) groups excluding carboxylic acids is 1. The van der Waals surface area contributed by atoms with Crippen molar-refractivity contribution in [3.63, 3.8) is 0 Å². The van der Waals surface area contributed by atoms with Crippen molar-refractivity contribution in [3.8, 4) is 0 Å². The summed E-state index contributed by atoms with van der Waals surface area (Å²) >= 11 is 0. The first-order valence-electron chi connectivity index (χ1n) is 9.45. The molecule has 0 saturated carbocycles. The minimum atomic E-state index is -1.76. The molecule has 0 spiro atoms. The van der Waals surface area contributed by atoms with Crippen molar-refractivity contribution < 1.29 is 54.4 Å². The molecule has 1 aromatic carbocycles. The van der Waals surface area contributed by atoms with E-state index in [0.29, 0.717) is 0 Å². The zero-order valence-corrected chi connectivity index (χ0v) is 15.9. The molecule has 2 heterocycles. The number of aldehydes is 1. The Hall–Kier alpha value is -1.51. The average Bonchev–Trinajstić information content (AvgIpc) is 2.77. The maximum atomic E-state index is 11.0. The predicted octanol–water partition coefficient (Wildman–Crippen LogP) is -2.97. The third kappa shape index (κ3) is 4.86. The molecule has 168 valence electrons. The van der Waals surface area contributed by atoms with Gasteiger partial charge in [0.2, 0.25) is 0 Å². The lowest BCUT2D eigenvalue weighted by atomic mass is 9.97. The minimum absolute atomic E-state index is 0.0779. The molecule has 0 unspecified atom stereocenters. The maximum Gasteiger partial charge on any atom is 0.187 e. The van der Waals surface area contributed by atoms with E-state index in [2.05, 4.69) is 0 Å². The van der Waals surface area contributed by atoms with Gasteiger partial charge in [-0.2, -0.15) is 0 Å². The van der Waals surface area contributed by atoms with Crippen LogP contribution in [0, 0.1) is 0 Å². The van der Waals surface area contributed by atoms with Crippen molar-refractivity contribution in [2.24, 2.45) is 0 Å². The first-order chi connectivity index (χ1) is 14.4. The molecule has 3 rings (SSSR count). The highest BCUT2D eigenvalue weighted by Gasteiger charge is 2.50. The van der Waals surface area contributed by atoms with Gasteiger partial charge in [0, 0.05) is 0 Å². The van der Waals surface area contributed by atoms with Gasteiger partial charge in [0.25, 0.3) is 0 Å². The van der Waals surface area contributed by atoms with Crippen molar-refractivity contribution in [3.05, 3.63) is 35.9 Å². The highest BCUT2D eigenvalue weighted by Crippen LogP contribution is 2.29. The first kappa shape index (κ1) is 23.2. The van der Waals surface area contributed by atoms with Gasteiger partial charge < -0.3 is 54.4 Å². The third-order valence-corrected chi connectivity index (χ3v) is 5.11. The Morgan fingerprint density at radius 3 is 2.17 bits per heavy atom. The Bertz CT molecular complexity index is 672. The second kappa shape index (κ2) is 10.2. The molecule has 10 atom stereocenters. The standard InChI is InChI=1S/C19H26O11/c20-6-10-12(22)13(23)15(25)19(28-10)30-17-11(7-21)29-18(16(26)14(17)24)27-8-9-4-2-1-3-5-9/h1-6,10-19,21-26H,7-8H2/t10-,11-,12+,13+,14-,15-,16-,17-,18-,19+/m1/s1. The fourth-order valence-corrected chi connectivity index (χ4v) is 3.36. The van der Waals surface area contributed by atoms with E-state index in [1.54, 1.807) is 24.3 Å². The van der Waals surface area contributed by atoms with Crippen LogP contribution >= 0.6 is 0 Å². The summed E-state index contributed by atoms with van der Waals surface area (Å²) in [7, 11) is 0. The molecule has 0 aliphatic carbocycles. The zero-order chi connectivity index (χ0) is 21.8. The van der Waals surface area contributed by atoms with Crippen molar-refractivity contribution in [2.75, 3.05) is 6.61 Å². The number of carbonyl (C=O) groups is 1. The van der Waals surface area contributed by atoms with Gasteiger partial charge in [0.1, 0.15) is 48.8 Å². The summed E-state index contributed by atoms with van der Waals surface area (Å²) in [6, 6.07) is 9.03. The highest BCUT2D eigenvalue weighted by atomic mass is 16.7. The topological polar surface area (TPSA) is 175 Å². The molecular formula is C19H26O11. The summed E-state index contributed by atoms with van der Waals surface area (Å²) < 4.78 is 21.6. The summed E-state index contributed by atoms with van der Waals surface area (Å²) in [5, 5.41) is 60.2. The van der Waals surface area contributed by atoms with E-state index in [4.69, 9.17) is 18.9 Å². The number of ether oxygens (including phenoxy) is 4. The molecule has 2 aliphatic heterocycles. The van der Waals surface area contributed by atoms with Crippen LogP contribution in [0.4, 0.5) is 0 Å². The molecule has 30 heavy (non-hydrogen) atoms. The summed E-state index contributed by atoms with van der Waals surface area (Å²) in [6.07, 6.45) is -15.1. The lowest BCUT2D eigenvalue weighted by molar-refractivity contribution is -0.355. The Kier molecular flexibility index (Phi) is 7.87. The molecule has 0 radical (unpaired) electrons. The fraction of sp³-hybridized carbons (Fsp3) is 0.632. The van der Waals surface area contributed by atoms with Gasteiger partial charge in [-0.3, -0.25) is 0 Å². The van der Waals surface area contributed by atoms with Crippen LogP contribution in [0.15, 0.2) is 30.3 Å². The largest absolute Gasteiger partial charge is 0.394 e. The van der Waals surface area contributed by atoms with Crippen LogP contribution in [-0.4, -0.2) is 105 Å². The van der Waals surface area contributed by atoms with E-state index < -0.39 is 68.0 Å². The molecule has 11 nitrogen and oxygen atoms in total. The Labute approximate surface area is 172 Å². The molecule has 0 amide bonds. The van der Waals surface area contributed by atoms with Crippen LogP contribution < -0.4 is 0 Å². The van der Waals surface area contributed by atoms with Crippen molar-refractivity contribution in [2.45, 2.75) is 68.0 Å². The summed E-state index contributed by atoms with van der Waals surface area (Å²) in [5.41, 5.74) is 0.799. The van der Waals surface area contributed by atoms with Crippen LogP contribution in [0.25, 0.3) is 0 Å². The van der Waals surface area contributed by atoms with Gasteiger partial charge in [-0.15, -0.1) is 0 Å². The Morgan fingerprint density at radius 1 is 0.867 bits per heavy atom. The smallest absolute Gasteiger partial charge is 0.187 e. The van der Waals surface area contributed by atoms with Crippen LogP contribution in [0.2, 0.25) is 0 Å². The molecule has 0 bridgehead atoms. The monoisotopic (exact) mass is 430 g/mol. The SMILES string of the molecule is O=C[C@H]1O[C@@H](O[C@H]2[C@H](O)[C@@H](O)[C@H](OCc3ccccc3)O[C@@H]2CO)[C@H](O)[C@@H](O)[C@H]1O. The minimum Gasteiger partial charge on any atom is -0.394 e. The van der Waals surface area contributed by atoms with Gasteiger partial charge >= 0.3 is 0 Å². The first-order valence-corrected chi connectivity index (χ1v) is 9.45. The van der Waals surface area contributed by atoms with Crippen LogP contribution in [0.3, 0.4) is 0 Å². The Balaban J connectivity index is 1.66. The molecule has 2 aliphatic rings. The molecule has 2 fully saturated rings. The molecule has 1 aromatic rings. The van der Waals surface area contributed by atoms with E-state index >= 15 is 0 Å². The van der Waals surface area contributed by atoms with E-state index in [1.807, 2.05) is 6.07 Å². The van der Waals surface area contributed by atoms with E-state index in [-0.39, 0.29) is 12.9 Å². The van der Waals surface area contributed by atoms with Crippen LogP contribution in [0.1, 0.15) is 5.56 Å². The Morgan fingerprint density at radius 2 is 1.53 bits per heavy atom. The number of hydrogen-bond acceptors (Lipinski definition) is 11.